The molecule has 4 aromatic rings. The minimum absolute atomic E-state index is 0.0293. The van der Waals surface area contributed by atoms with Crippen molar-refractivity contribution in [2.75, 3.05) is 11.9 Å². The second-order valence-corrected chi connectivity index (χ2v) is 7.65. The third-order valence-corrected chi connectivity index (χ3v) is 5.53. The molecule has 1 amide bonds. The fraction of sp³-hybridized carbons (Fsp3) is 0.0385. The van der Waals surface area contributed by atoms with E-state index in [4.69, 9.17) is 4.74 Å². The Balaban J connectivity index is 1.36. The van der Waals surface area contributed by atoms with Crippen molar-refractivity contribution in [3.8, 4) is 0 Å². The molecule has 0 spiro atoms. The Morgan fingerprint density at radius 3 is 2.26 bits per heavy atom. The van der Waals surface area contributed by atoms with E-state index in [0.29, 0.717) is 16.5 Å². The van der Waals surface area contributed by atoms with E-state index in [-0.39, 0.29) is 39.5 Å². The van der Waals surface area contributed by atoms with Crippen molar-refractivity contribution < 1.29 is 23.9 Å². The summed E-state index contributed by atoms with van der Waals surface area (Å²) in [6.45, 7) is -0.650. The van der Waals surface area contributed by atoms with E-state index >= 15 is 0 Å². The van der Waals surface area contributed by atoms with Crippen LogP contribution in [0.4, 0.5) is 5.69 Å². The first kappa shape index (κ1) is 21.0. The van der Waals surface area contributed by atoms with Crippen LogP contribution in [0.15, 0.2) is 77.6 Å². The normalized spacial score (nSPS) is 12.1. The third-order valence-electron chi connectivity index (χ3n) is 5.53. The highest BCUT2D eigenvalue weighted by Crippen LogP contribution is 2.31. The zero-order valence-corrected chi connectivity index (χ0v) is 17.6. The predicted octanol–water partition coefficient (Wildman–Crippen LogP) is 3.10. The summed E-state index contributed by atoms with van der Waals surface area (Å²) in [5, 5.41) is 3.03. The molecule has 0 bridgehead atoms. The van der Waals surface area contributed by atoms with E-state index in [1.54, 1.807) is 54.6 Å². The molecule has 1 aliphatic rings. The molecule has 0 atom stereocenters. The summed E-state index contributed by atoms with van der Waals surface area (Å²) in [7, 11) is 0. The molecule has 1 aliphatic carbocycles. The molecule has 1 heterocycles. The average molecular weight is 452 g/mol. The minimum Gasteiger partial charge on any atom is -0.452 e. The molecule has 2 N–H and O–H groups in total. The van der Waals surface area contributed by atoms with E-state index in [1.807, 2.05) is 0 Å². The van der Waals surface area contributed by atoms with Crippen LogP contribution in [0.25, 0.3) is 10.9 Å². The highest BCUT2D eigenvalue weighted by Gasteiger charge is 2.31. The number of ketones is 2. The lowest BCUT2D eigenvalue weighted by atomic mass is 9.83. The van der Waals surface area contributed by atoms with Crippen molar-refractivity contribution in [1.29, 1.82) is 0 Å². The minimum atomic E-state index is -0.840. The number of amides is 1. The highest BCUT2D eigenvalue weighted by molar-refractivity contribution is 6.30. The van der Waals surface area contributed by atoms with Crippen molar-refractivity contribution in [1.82, 2.24) is 4.98 Å². The van der Waals surface area contributed by atoms with Crippen LogP contribution in [0.5, 0.6) is 0 Å². The van der Waals surface area contributed by atoms with Crippen molar-refractivity contribution in [2.24, 2.45) is 0 Å². The number of aromatic amines is 1. The summed E-state index contributed by atoms with van der Waals surface area (Å²) in [4.78, 5) is 65.5. The van der Waals surface area contributed by atoms with Crippen LogP contribution >= 0.6 is 0 Å². The predicted molar refractivity (Wildman–Crippen MR) is 123 cm³/mol. The van der Waals surface area contributed by atoms with Crippen LogP contribution in [-0.2, 0) is 9.53 Å². The fourth-order valence-corrected chi connectivity index (χ4v) is 4.02. The Morgan fingerprint density at radius 1 is 0.794 bits per heavy atom. The summed E-state index contributed by atoms with van der Waals surface area (Å²) in [6.07, 6.45) is 0. The number of pyridine rings is 1. The van der Waals surface area contributed by atoms with Gasteiger partial charge in [0.05, 0.1) is 16.8 Å². The van der Waals surface area contributed by atoms with Gasteiger partial charge in [0.1, 0.15) is 0 Å². The summed E-state index contributed by atoms with van der Waals surface area (Å²) in [6, 6.07) is 18.9. The van der Waals surface area contributed by atoms with Crippen LogP contribution in [0.1, 0.15) is 42.2 Å². The largest absolute Gasteiger partial charge is 0.452 e. The van der Waals surface area contributed by atoms with E-state index in [1.165, 1.54) is 12.1 Å². The van der Waals surface area contributed by atoms with Crippen LogP contribution in [0, 0.1) is 0 Å². The molecule has 0 fully saturated rings. The van der Waals surface area contributed by atoms with Gasteiger partial charge in [-0.05, 0) is 12.1 Å². The van der Waals surface area contributed by atoms with Gasteiger partial charge >= 0.3 is 5.97 Å². The summed E-state index contributed by atoms with van der Waals surface area (Å²) >= 11 is 0. The number of hydrogen-bond acceptors (Lipinski definition) is 6. The van der Waals surface area contributed by atoms with E-state index < -0.39 is 24.0 Å². The molecule has 166 valence electrons. The molecule has 5 rings (SSSR count). The molecule has 8 nitrogen and oxygen atoms in total. The maximum Gasteiger partial charge on any atom is 0.339 e. The monoisotopic (exact) mass is 452 g/mol. The van der Waals surface area contributed by atoms with Gasteiger partial charge in [0, 0.05) is 33.7 Å². The fourth-order valence-electron chi connectivity index (χ4n) is 4.02. The number of aromatic nitrogens is 1. The smallest absolute Gasteiger partial charge is 0.339 e. The number of para-hydroxylation sites is 1. The number of H-pyrrole nitrogens is 1. The summed E-state index contributed by atoms with van der Waals surface area (Å²) in [5.74, 6) is -2.23. The van der Waals surface area contributed by atoms with E-state index in [9.17, 15) is 24.0 Å². The first-order chi connectivity index (χ1) is 16.4. The maximum atomic E-state index is 13.0. The number of carbonyl (C=O) groups excluding carboxylic acids is 4. The summed E-state index contributed by atoms with van der Waals surface area (Å²) < 4.78 is 5.12. The SMILES string of the molecule is O=C(COC(=O)c1cc(=O)[nH]c2ccccc12)Nc1cccc2c1C(=O)c1ccccc1C2=O. The van der Waals surface area contributed by atoms with E-state index in [2.05, 4.69) is 10.3 Å². The third kappa shape index (κ3) is 3.57. The van der Waals surface area contributed by atoms with Gasteiger partial charge in [-0.2, -0.15) is 0 Å². The Morgan fingerprint density at radius 2 is 1.47 bits per heavy atom. The molecule has 0 saturated carbocycles. The molecule has 0 aliphatic heterocycles. The van der Waals surface area contributed by atoms with Crippen molar-refractivity contribution in [2.45, 2.75) is 0 Å². The Labute approximate surface area is 192 Å². The molecule has 34 heavy (non-hydrogen) atoms. The quantitative estimate of drug-likeness (QED) is 0.404. The van der Waals surface area contributed by atoms with E-state index in [0.717, 1.165) is 6.07 Å². The zero-order chi connectivity index (χ0) is 23.8. The molecular weight excluding hydrogens is 436 g/mol. The highest BCUT2D eigenvalue weighted by atomic mass is 16.5. The lowest BCUT2D eigenvalue weighted by molar-refractivity contribution is -0.119. The number of nitrogens with one attached hydrogen (secondary N) is 2. The second kappa shape index (κ2) is 8.25. The van der Waals surface area contributed by atoms with Gasteiger partial charge in [-0.15, -0.1) is 0 Å². The van der Waals surface area contributed by atoms with Crippen molar-refractivity contribution >= 4 is 40.0 Å². The van der Waals surface area contributed by atoms with Crippen LogP contribution in [-0.4, -0.2) is 35.0 Å². The average Bonchev–Trinajstić information content (AvgIpc) is 2.85. The Bertz CT molecular complexity index is 1580. The Hall–Kier alpha value is -4.85. The standard InChI is InChI=1S/C26H16N2O6/c29-21-12-18(14-6-3-4-10-19(14)27-21)26(33)34-13-22(30)28-20-11-5-9-17-23(20)25(32)16-8-2-1-7-15(16)24(17)31/h1-12H,13H2,(H,27,29)(H,28,30). The van der Waals surface area contributed by atoms with Crippen LogP contribution in [0.3, 0.4) is 0 Å². The lowest BCUT2D eigenvalue weighted by Gasteiger charge is -2.20. The number of fused-ring (bicyclic) bond motifs is 3. The van der Waals surface area contributed by atoms with Gasteiger partial charge in [-0.1, -0.05) is 54.6 Å². The molecule has 1 aromatic heterocycles. The first-order valence-corrected chi connectivity index (χ1v) is 10.3. The van der Waals surface area contributed by atoms with Crippen LogP contribution < -0.4 is 10.9 Å². The van der Waals surface area contributed by atoms with Gasteiger partial charge in [0.25, 0.3) is 5.91 Å². The molecule has 0 saturated heterocycles. The second-order valence-electron chi connectivity index (χ2n) is 7.65. The molecule has 8 heteroatoms. The number of anilines is 1. The zero-order valence-electron chi connectivity index (χ0n) is 17.6. The number of carbonyl (C=O) groups is 4. The van der Waals surface area contributed by atoms with Crippen LogP contribution in [0.2, 0.25) is 0 Å². The number of rotatable bonds is 4. The van der Waals surface area contributed by atoms with Gasteiger partial charge in [-0.25, -0.2) is 4.79 Å². The number of ether oxygens (including phenoxy) is 1. The van der Waals surface area contributed by atoms with Gasteiger partial charge in [0.2, 0.25) is 5.56 Å². The topological polar surface area (TPSA) is 122 Å². The molecule has 0 unspecified atom stereocenters. The Kier molecular flexibility index (Phi) is 5.10. The lowest BCUT2D eigenvalue weighted by Crippen LogP contribution is -2.26. The number of esters is 1. The van der Waals surface area contributed by atoms with Gasteiger partial charge < -0.3 is 15.0 Å². The summed E-state index contributed by atoms with van der Waals surface area (Å²) in [5.41, 5.74) is 1.01. The van der Waals surface area contributed by atoms with Crippen molar-refractivity contribution in [3.05, 3.63) is 111 Å². The van der Waals surface area contributed by atoms with Crippen molar-refractivity contribution in [3.63, 3.8) is 0 Å². The molecule has 0 radical (unpaired) electrons. The number of hydrogen-bond donors (Lipinski definition) is 2. The molecular formula is C26H16N2O6. The first-order valence-electron chi connectivity index (χ1n) is 10.3. The molecule has 3 aromatic carbocycles. The number of benzene rings is 3. The van der Waals surface area contributed by atoms with Gasteiger partial charge in [0.15, 0.2) is 18.2 Å². The maximum absolute atomic E-state index is 13.0. The van der Waals surface area contributed by atoms with Gasteiger partial charge in [-0.3, -0.25) is 19.2 Å².